The topological polar surface area (TPSA) is 81.1 Å². The number of imidazole rings is 1. The van der Waals surface area contributed by atoms with Crippen molar-refractivity contribution in [3.8, 4) is 28.1 Å². The van der Waals surface area contributed by atoms with Crippen molar-refractivity contribution in [3.63, 3.8) is 0 Å². The standard InChI is InChI=1S/C26H23N5O2/c32-26(19-4-5-22-21-6-7-27-13-20(21)16-33-24(22)11-19)30-12-17-2-1-3-18(10-17)23-14-29-25-15-28-8-9-31(23)25/h1-7,10-11,13-14,28H,8-9,12,15-16H2,(H,30,32). The molecule has 7 heteroatoms. The predicted octanol–water partition coefficient (Wildman–Crippen LogP) is 3.54. The van der Waals surface area contributed by atoms with Gasteiger partial charge in [-0.1, -0.05) is 18.2 Å². The van der Waals surface area contributed by atoms with Gasteiger partial charge in [-0.15, -0.1) is 0 Å². The Morgan fingerprint density at radius 3 is 3.06 bits per heavy atom. The lowest BCUT2D eigenvalue weighted by atomic mass is 9.97. The third kappa shape index (κ3) is 3.66. The molecule has 7 nitrogen and oxygen atoms in total. The van der Waals surface area contributed by atoms with Crippen LogP contribution in [0, 0.1) is 0 Å². The molecule has 0 bridgehead atoms. The lowest BCUT2D eigenvalue weighted by Crippen LogP contribution is -2.28. The monoisotopic (exact) mass is 437 g/mol. The maximum Gasteiger partial charge on any atom is 0.251 e. The van der Waals surface area contributed by atoms with Crippen molar-refractivity contribution in [2.24, 2.45) is 0 Å². The fraction of sp³-hybridized carbons (Fsp3) is 0.192. The maximum absolute atomic E-state index is 12.9. The smallest absolute Gasteiger partial charge is 0.251 e. The van der Waals surface area contributed by atoms with Gasteiger partial charge in [-0.3, -0.25) is 9.78 Å². The van der Waals surface area contributed by atoms with Crippen LogP contribution in [0.4, 0.5) is 0 Å². The second-order valence-electron chi connectivity index (χ2n) is 8.30. The number of nitrogens with zero attached hydrogens (tertiary/aromatic N) is 3. The Kier molecular flexibility index (Phi) is 4.88. The molecule has 0 fully saturated rings. The van der Waals surface area contributed by atoms with Crippen molar-refractivity contribution in [1.29, 1.82) is 0 Å². The van der Waals surface area contributed by atoms with Crippen LogP contribution in [0.15, 0.2) is 67.1 Å². The van der Waals surface area contributed by atoms with E-state index in [0.717, 1.165) is 64.7 Å². The molecule has 0 aliphatic carbocycles. The highest BCUT2D eigenvalue weighted by molar-refractivity contribution is 5.95. The van der Waals surface area contributed by atoms with Crippen molar-refractivity contribution in [2.45, 2.75) is 26.2 Å². The quantitative estimate of drug-likeness (QED) is 0.511. The molecular formula is C26H23N5O2. The summed E-state index contributed by atoms with van der Waals surface area (Å²) in [4.78, 5) is 21.6. The molecule has 2 N–H and O–H groups in total. The van der Waals surface area contributed by atoms with E-state index in [1.54, 1.807) is 6.20 Å². The van der Waals surface area contributed by atoms with E-state index >= 15 is 0 Å². The minimum atomic E-state index is -0.125. The van der Waals surface area contributed by atoms with Crippen LogP contribution >= 0.6 is 0 Å². The van der Waals surface area contributed by atoms with Gasteiger partial charge < -0.3 is 19.9 Å². The maximum atomic E-state index is 12.9. The number of hydrogen-bond acceptors (Lipinski definition) is 5. The molecule has 4 aromatic rings. The molecule has 0 radical (unpaired) electrons. The van der Waals surface area contributed by atoms with E-state index in [-0.39, 0.29) is 5.91 Å². The van der Waals surface area contributed by atoms with Gasteiger partial charge in [-0.2, -0.15) is 0 Å². The summed E-state index contributed by atoms with van der Waals surface area (Å²) in [5.74, 6) is 1.66. The largest absolute Gasteiger partial charge is 0.488 e. The molecule has 0 saturated carbocycles. The third-order valence-corrected chi connectivity index (χ3v) is 6.23. The van der Waals surface area contributed by atoms with Crippen LogP contribution in [0.1, 0.15) is 27.3 Å². The Labute approximate surface area is 191 Å². The average Bonchev–Trinajstić information content (AvgIpc) is 3.31. The van der Waals surface area contributed by atoms with E-state index in [2.05, 4.69) is 37.3 Å². The molecule has 6 rings (SSSR count). The number of ether oxygens (including phenoxy) is 1. The number of benzene rings is 2. The van der Waals surface area contributed by atoms with Gasteiger partial charge in [0.25, 0.3) is 5.91 Å². The third-order valence-electron chi connectivity index (χ3n) is 6.23. The lowest BCUT2D eigenvalue weighted by molar-refractivity contribution is 0.0950. The Morgan fingerprint density at radius 1 is 1.12 bits per heavy atom. The summed E-state index contributed by atoms with van der Waals surface area (Å²) in [5.41, 5.74) is 6.99. The van der Waals surface area contributed by atoms with Crippen LogP contribution < -0.4 is 15.4 Å². The van der Waals surface area contributed by atoms with Gasteiger partial charge in [-0.25, -0.2) is 4.98 Å². The van der Waals surface area contributed by atoms with E-state index in [0.29, 0.717) is 18.7 Å². The summed E-state index contributed by atoms with van der Waals surface area (Å²) in [6.07, 6.45) is 5.53. The van der Waals surface area contributed by atoms with Crippen LogP contribution in [-0.4, -0.2) is 27.0 Å². The van der Waals surface area contributed by atoms with Gasteiger partial charge in [0.1, 0.15) is 18.2 Å². The summed E-state index contributed by atoms with van der Waals surface area (Å²) in [6.45, 7) is 3.55. The zero-order chi connectivity index (χ0) is 22.2. The van der Waals surface area contributed by atoms with Crippen LogP contribution in [-0.2, 0) is 26.2 Å². The number of aromatic nitrogens is 3. The molecule has 2 aliphatic rings. The summed E-state index contributed by atoms with van der Waals surface area (Å²) in [7, 11) is 0. The first-order chi connectivity index (χ1) is 16.3. The Bertz CT molecular complexity index is 1360. The molecular weight excluding hydrogens is 414 g/mol. The summed E-state index contributed by atoms with van der Waals surface area (Å²) < 4.78 is 8.13. The van der Waals surface area contributed by atoms with Gasteiger partial charge in [0, 0.05) is 54.3 Å². The lowest BCUT2D eigenvalue weighted by Gasteiger charge is -2.20. The Morgan fingerprint density at radius 2 is 2.09 bits per heavy atom. The van der Waals surface area contributed by atoms with Crippen LogP contribution in [0.2, 0.25) is 0 Å². The first-order valence-corrected chi connectivity index (χ1v) is 11.1. The molecule has 2 aromatic carbocycles. The fourth-order valence-corrected chi connectivity index (χ4v) is 4.52. The number of hydrogen-bond donors (Lipinski definition) is 2. The molecule has 33 heavy (non-hydrogen) atoms. The predicted molar refractivity (Wildman–Crippen MR) is 125 cm³/mol. The highest BCUT2D eigenvalue weighted by Gasteiger charge is 2.19. The fourth-order valence-electron chi connectivity index (χ4n) is 4.52. The summed E-state index contributed by atoms with van der Waals surface area (Å²) in [5, 5.41) is 6.39. The SMILES string of the molecule is O=C(NCc1cccc(-c2cnc3n2CCNC3)c1)c1ccc2c(c1)OCc1cnccc1-2. The molecule has 0 saturated heterocycles. The van der Waals surface area contributed by atoms with E-state index in [1.165, 1.54) is 0 Å². The number of amides is 1. The van der Waals surface area contributed by atoms with Crippen molar-refractivity contribution in [1.82, 2.24) is 25.2 Å². The van der Waals surface area contributed by atoms with E-state index in [4.69, 9.17) is 4.74 Å². The van der Waals surface area contributed by atoms with Gasteiger partial charge in [0.2, 0.25) is 0 Å². The Hall–Kier alpha value is -3.97. The Balaban J connectivity index is 1.18. The highest BCUT2D eigenvalue weighted by Crippen LogP contribution is 2.37. The summed E-state index contributed by atoms with van der Waals surface area (Å²) >= 11 is 0. The van der Waals surface area contributed by atoms with E-state index in [9.17, 15) is 4.79 Å². The number of carbonyl (C=O) groups is 1. The van der Waals surface area contributed by atoms with Gasteiger partial charge in [0.15, 0.2) is 0 Å². The number of nitrogens with one attached hydrogen (secondary N) is 2. The normalized spacial score (nSPS) is 13.9. The first-order valence-electron chi connectivity index (χ1n) is 11.1. The zero-order valence-electron chi connectivity index (χ0n) is 18.0. The van der Waals surface area contributed by atoms with Gasteiger partial charge >= 0.3 is 0 Å². The second kappa shape index (κ2) is 8.18. The minimum Gasteiger partial charge on any atom is -0.488 e. The number of carbonyl (C=O) groups excluding carboxylic acids is 1. The van der Waals surface area contributed by atoms with Crippen LogP contribution in [0.5, 0.6) is 5.75 Å². The van der Waals surface area contributed by atoms with Gasteiger partial charge in [0.05, 0.1) is 18.4 Å². The molecule has 0 atom stereocenters. The van der Waals surface area contributed by atoms with Crippen LogP contribution in [0.25, 0.3) is 22.4 Å². The van der Waals surface area contributed by atoms with Crippen molar-refractivity contribution in [3.05, 3.63) is 89.6 Å². The molecule has 1 amide bonds. The summed E-state index contributed by atoms with van der Waals surface area (Å²) in [6, 6.07) is 15.8. The number of pyridine rings is 1. The molecule has 2 aromatic heterocycles. The highest BCUT2D eigenvalue weighted by atomic mass is 16.5. The van der Waals surface area contributed by atoms with Gasteiger partial charge in [-0.05, 0) is 41.5 Å². The second-order valence-corrected chi connectivity index (χ2v) is 8.30. The zero-order valence-corrected chi connectivity index (χ0v) is 18.0. The first kappa shape index (κ1) is 19.7. The molecule has 0 spiro atoms. The minimum absolute atomic E-state index is 0.125. The van der Waals surface area contributed by atoms with Crippen molar-refractivity contribution < 1.29 is 9.53 Å². The molecule has 164 valence electrons. The van der Waals surface area contributed by atoms with Crippen molar-refractivity contribution >= 4 is 5.91 Å². The van der Waals surface area contributed by atoms with E-state index in [1.807, 2.05) is 48.8 Å². The average molecular weight is 438 g/mol. The number of fused-ring (bicyclic) bond motifs is 4. The molecule has 0 unspecified atom stereocenters. The van der Waals surface area contributed by atoms with E-state index < -0.39 is 0 Å². The molecule has 2 aliphatic heterocycles. The van der Waals surface area contributed by atoms with Crippen molar-refractivity contribution in [2.75, 3.05) is 6.54 Å². The molecule has 4 heterocycles. The number of rotatable bonds is 4. The van der Waals surface area contributed by atoms with Crippen LogP contribution in [0.3, 0.4) is 0 Å².